The predicted molar refractivity (Wildman–Crippen MR) is 164 cm³/mol. The summed E-state index contributed by atoms with van der Waals surface area (Å²) in [6, 6.07) is 7.67. The minimum Gasteiger partial charge on any atom is -0.378 e. The second-order valence-corrected chi connectivity index (χ2v) is 13.5. The second kappa shape index (κ2) is 14.0. The van der Waals surface area contributed by atoms with Crippen molar-refractivity contribution in [3.63, 3.8) is 0 Å². The monoisotopic (exact) mass is 608 g/mol. The van der Waals surface area contributed by atoms with E-state index in [9.17, 15) is 19.2 Å². The van der Waals surface area contributed by atoms with E-state index in [1.165, 1.54) is 0 Å². The molecule has 4 saturated heterocycles. The molecule has 240 valence electrons. The van der Waals surface area contributed by atoms with Crippen LogP contribution in [0, 0.1) is 11.8 Å². The number of morpholine rings is 1. The van der Waals surface area contributed by atoms with Crippen molar-refractivity contribution < 1.29 is 23.9 Å². The number of amides is 4. The highest BCUT2D eigenvalue weighted by Gasteiger charge is 2.43. The van der Waals surface area contributed by atoms with Crippen molar-refractivity contribution in [3.05, 3.63) is 35.4 Å². The molecule has 2 bridgehead atoms. The molecule has 0 radical (unpaired) electrons. The molecule has 2 N–H and O–H groups in total. The summed E-state index contributed by atoms with van der Waals surface area (Å²) >= 11 is 0. The molecule has 5 aliphatic heterocycles. The Hall–Kier alpha value is -3.02. The van der Waals surface area contributed by atoms with Crippen LogP contribution in [0.4, 0.5) is 0 Å². The summed E-state index contributed by atoms with van der Waals surface area (Å²) in [5, 5.41) is 6.87. The van der Waals surface area contributed by atoms with E-state index < -0.39 is 6.04 Å². The number of carbonyl (C=O) groups excluding carboxylic acids is 4. The van der Waals surface area contributed by atoms with Gasteiger partial charge in [-0.3, -0.25) is 19.2 Å². The van der Waals surface area contributed by atoms with E-state index in [4.69, 9.17) is 4.74 Å². The number of fused-ring (bicyclic) bond motifs is 4. The predicted octanol–water partition coefficient (Wildman–Crippen LogP) is 0.616. The van der Waals surface area contributed by atoms with Gasteiger partial charge in [-0.25, -0.2) is 0 Å². The third-order valence-corrected chi connectivity index (χ3v) is 10.5. The molecule has 0 unspecified atom stereocenters. The summed E-state index contributed by atoms with van der Waals surface area (Å²) in [6.45, 7) is 6.21. The summed E-state index contributed by atoms with van der Waals surface area (Å²) in [5.41, 5.74) is 1.84. The van der Waals surface area contributed by atoms with Gasteiger partial charge in [0.05, 0.1) is 19.6 Å². The van der Waals surface area contributed by atoms with Gasteiger partial charge in [0, 0.05) is 64.2 Å². The van der Waals surface area contributed by atoms with Crippen molar-refractivity contribution >= 4 is 23.6 Å². The number of rotatable bonds is 4. The molecule has 0 spiro atoms. The van der Waals surface area contributed by atoms with E-state index in [-0.39, 0.29) is 54.3 Å². The number of nitrogens with one attached hydrogen (secondary N) is 2. The standard InChI is InChI=1S/C33H48N6O5/c1-36-9-7-27(8-10-36)35-28-19-29-33(43)34-20-25-5-3-2-4-23(25)16-31(41)38-11-6-24(17-30(40)37-12-14-44-15-13-37)26(21-38)18-32(42)39(29)22-28/h2-5,24,26-29,35H,6-22H2,1H3,(H,34,43)/t24-,26-,28-,29-/m0/s1. The fraction of sp³-hybridized carbons (Fsp3) is 0.697. The van der Waals surface area contributed by atoms with E-state index >= 15 is 0 Å². The van der Waals surface area contributed by atoms with Gasteiger partial charge in [0.2, 0.25) is 23.6 Å². The van der Waals surface area contributed by atoms with Crippen LogP contribution in [0.15, 0.2) is 24.3 Å². The molecule has 0 saturated carbocycles. The number of nitrogens with zero attached hydrogens (tertiary/aromatic N) is 4. The first-order valence-electron chi connectivity index (χ1n) is 16.6. The highest BCUT2D eigenvalue weighted by atomic mass is 16.5. The van der Waals surface area contributed by atoms with Gasteiger partial charge in [0.25, 0.3) is 0 Å². The van der Waals surface area contributed by atoms with Gasteiger partial charge in [0.1, 0.15) is 6.04 Å². The summed E-state index contributed by atoms with van der Waals surface area (Å²) in [6.07, 6.45) is 4.23. The van der Waals surface area contributed by atoms with Gasteiger partial charge in [0.15, 0.2) is 0 Å². The summed E-state index contributed by atoms with van der Waals surface area (Å²) in [7, 11) is 2.14. The first kappa shape index (κ1) is 31.0. The fourth-order valence-electron chi connectivity index (χ4n) is 7.78. The number of ether oxygens (including phenoxy) is 1. The SMILES string of the molecule is CN1CCC(N[C@H]2C[C@H]3C(=O)NCc4ccccc4CC(=O)N4CC[C@@H](CC(=O)N5CCOCC5)[C@@H](CC(=O)N3C2)C4)CC1. The lowest BCUT2D eigenvalue weighted by Gasteiger charge is -2.40. The minimum absolute atomic E-state index is 0.00145. The molecular weight excluding hydrogens is 560 g/mol. The lowest BCUT2D eigenvalue weighted by molar-refractivity contribution is -0.143. The fourth-order valence-corrected chi connectivity index (χ4v) is 7.78. The highest BCUT2D eigenvalue weighted by molar-refractivity contribution is 5.89. The lowest BCUT2D eigenvalue weighted by Crippen LogP contribution is -2.50. The molecular formula is C33H48N6O5. The largest absolute Gasteiger partial charge is 0.378 e. The van der Waals surface area contributed by atoms with Crippen LogP contribution >= 0.6 is 0 Å². The van der Waals surface area contributed by atoms with Crippen LogP contribution in [-0.2, 0) is 36.9 Å². The average Bonchev–Trinajstić information content (AvgIpc) is 3.46. The van der Waals surface area contributed by atoms with Gasteiger partial charge < -0.3 is 35.0 Å². The number of hydrogen-bond donors (Lipinski definition) is 2. The van der Waals surface area contributed by atoms with Crippen molar-refractivity contribution in [1.29, 1.82) is 0 Å². The maximum atomic E-state index is 14.1. The molecule has 5 aliphatic rings. The zero-order chi connectivity index (χ0) is 30.6. The van der Waals surface area contributed by atoms with E-state index in [0.29, 0.717) is 77.8 Å². The number of carbonyl (C=O) groups is 4. The van der Waals surface area contributed by atoms with Crippen molar-refractivity contribution in [2.75, 3.05) is 66.1 Å². The number of hydrogen-bond acceptors (Lipinski definition) is 7. The maximum Gasteiger partial charge on any atom is 0.243 e. The summed E-state index contributed by atoms with van der Waals surface area (Å²) in [5.74, 6) is -0.223. The Bertz CT molecular complexity index is 1210. The third kappa shape index (κ3) is 7.26. The zero-order valence-corrected chi connectivity index (χ0v) is 26.0. The van der Waals surface area contributed by atoms with Crippen LogP contribution < -0.4 is 10.6 Å². The second-order valence-electron chi connectivity index (χ2n) is 13.5. The third-order valence-electron chi connectivity index (χ3n) is 10.5. The van der Waals surface area contributed by atoms with Gasteiger partial charge >= 0.3 is 0 Å². The topological polar surface area (TPSA) is 115 Å². The normalized spacial score (nSPS) is 29.6. The lowest BCUT2D eigenvalue weighted by atomic mass is 9.80. The molecule has 0 aliphatic carbocycles. The van der Waals surface area contributed by atoms with Crippen LogP contribution in [-0.4, -0.2) is 127 Å². The summed E-state index contributed by atoms with van der Waals surface area (Å²) < 4.78 is 5.44. The smallest absolute Gasteiger partial charge is 0.243 e. The van der Waals surface area contributed by atoms with Crippen molar-refractivity contribution in [3.8, 4) is 0 Å². The van der Waals surface area contributed by atoms with E-state index in [1.54, 1.807) is 4.90 Å². The van der Waals surface area contributed by atoms with Crippen LogP contribution in [0.1, 0.15) is 49.7 Å². The Labute approximate surface area is 260 Å². The van der Waals surface area contributed by atoms with Crippen molar-refractivity contribution in [1.82, 2.24) is 30.2 Å². The molecule has 4 amide bonds. The minimum atomic E-state index is -0.545. The van der Waals surface area contributed by atoms with E-state index in [1.807, 2.05) is 34.1 Å². The maximum absolute atomic E-state index is 14.1. The Balaban J connectivity index is 1.23. The van der Waals surface area contributed by atoms with Gasteiger partial charge in [-0.15, -0.1) is 0 Å². The average molecular weight is 609 g/mol. The zero-order valence-electron chi connectivity index (χ0n) is 26.0. The van der Waals surface area contributed by atoms with Crippen LogP contribution in [0.25, 0.3) is 0 Å². The number of likely N-dealkylation sites (tertiary alicyclic amines) is 1. The van der Waals surface area contributed by atoms with Crippen LogP contribution in [0.2, 0.25) is 0 Å². The van der Waals surface area contributed by atoms with Crippen molar-refractivity contribution in [2.45, 2.75) is 69.6 Å². The van der Waals surface area contributed by atoms with Gasteiger partial charge in [-0.05, 0) is 68.8 Å². The molecule has 0 aromatic heterocycles. The highest BCUT2D eigenvalue weighted by Crippen LogP contribution is 2.33. The first-order valence-corrected chi connectivity index (χ1v) is 16.6. The molecule has 6 rings (SSSR count). The van der Waals surface area contributed by atoms with Gasteiger partial charge in [-0.1, -0.05) is 24.3 Å². The van der Waals surface area contributed by atoms with Crippen LogP contribution in [0.3, 0.4) is 0 Å². The first-order chi connectivity index (χ1) is 21.3. The Morgan fingerprint density at radius 1 is 0.932 bits per heavy atom. The number of benzene rings is 1. The van der Waals surface area contributed by atoms with E-state index in [2.05, 4.69) is 22.6 Å². The Morgan fingerprint density at radius 3 is 2.45 bits per heavy atom. The Morgan fingerprint density at radius 2 is 1.68 bits per heavy atom. The van der Waals surface area contributed by atoms with E-state index in [0.717, 1.165) is 37.1 Å². The molecule has 4 atom stereocenters. The molecule has 11 heteroatoms. The molecule has 5 heterocycles. The summed E-state index contributed by atoms with van der Waals surface area (Å²) in [4.78, 5) is 62.5. The van der Waals surface area contributed by atoms with Gasteiger partial charge in [-0.2, -0.15) is 0 Å². The molecule has 44 heavy (non-hydrogen) atoms. The molecule has 4 fully saturated rings. The molecule has 1 aromatic carbocycles. The Kier molecular flexibility index (Phi) is 9.83. The van der Waals surface area contributed by atoms with Crippen molar-refractivity contribution in [2.24, 2.45) is 11.8 Å². The number of piperidine rings is 2. The molecule has 1 aromatic rings. The van der Waals surface area contributed by atoms with Crippen LogP contribution in [0.5, 0.6) is 0 Å². The molecule has 11 nitrogen and oxygen atoms in total. The quantitative estimate of drug-likeness (QED) is 0.515.